The van der Waals surface area contributed by atoms with E-state index in [4.69, 9.17) is 0 Å². The van der Waals surface area contributed by atoms with Gasteiger partial charge in [-0.2, -0.15) is 0 Å². The highest BCUT2D eigenvalue weighted by Crippen LogP contribution is 2.27. The fourth-order valence-corrected chi connectivity index (χ4v) is 4.50. The van der Waals surface area contributed by atoms with Crippen molar-refractivity contribution in [3.05, 3.63) is 57.9 Å². The molecule has 1 aliphatic carbocycles. The molecule has 1 aliphatic rings. The molecule has 4 nitrogen and oxygen atoms in total. The normalized spacial score (nSPS) is 20.0. The predicted molar refractivity (Wildman–Crippen MR) is 109 cm³/mol. The second-order valence-electron chi connectivity index (χ2n) is 8.09. The van der Waals surface area contributed by atoms with Crippen molar-refractivity contribution in [3.8, 4) is 0 Å². The Morgan fingerprint density at radius 1 is 1.15 bits per heavy atom. The van der Waals surface area contributed by atoms with Crippen LogP contribution in [0.1, 0.15) is 71.0 Å². The zero-order valence-corrected chi connectivity index (χ0v) is 17.0. The highest BCUT2D eigenvalue weighted by molar-refractivity contribution is 5.91. The Morgan fingerprint density at radius 3 is 2.52 bits per heavy atom. The number of aromatic nitrogens is 1. The number of aromatic carboxylic acids is 1. The Kier molecular flexibility index (Phi) is 6.05. The number of aryl methyl sites for hydroxylation is 1. The Labute approximate surface area is 162 Å². The summed E-state index contributed by atoms with van der Waals surface area (Å²) in [6.45, 7) is 9.74. The van der Waals surface area contributed by atoms with Crippen molar-refractivity contribution in [2.75, 3.05) is 0 Å². The zero-order valence-electron chi connectivity index (χ0n) is 17.0. The smallest absolute Gasteiger partial charge is 0.337 e. The van der Waals surface area contributed by atoms with E-state index in [0.717, 1.165) is 17.0 Å². The predicted octanol–water partition coefficient (Wildman–Crippen LogP) is 4.83. The molecule has 3 rings (SSSR count). The average molecular weight is 369 g/mol. The third-order valence-electron chi connectivity index (χ3n) is 6.37. The number of nitrogens with one attached hydrogen (secondary N) is 1. The van der Waals surface area contributed by atoms with Crippen LogP contribution in [0, 0.1) is 26.7 Å². The second kappa shape index (κ2) is 8.30. The lowest BCUT2D eigenvalue weighted by Gasteiger charge is -2.29. The number of carboxylic acid groups (broad SMARTS) is 1. The fraction of sp³-hybridized carbons (Fsp3) is 0.522. The van der Waals surface area contributed by atoms with Crippen molar-refractivity contribution < 1.29 is 9.90 Å². The standard InChI is InChI=1S/C23H32N2O2/c1-15-9-5-7-11-19(15)14-25-17(3)20(22(18(25)4)23(26)27)13-24-21-12-8-6-10-16(21)2/h5,7,9,11,16,21,24H,6,8,10,12-14H2,1-4H3,(H,26,27)/t16-,21+/m1/s1. The summed E-state index contributed by atoms with van der Waals surface area (Å²) in [5.74, 6) is -0.171. The molecule has 2 N–H and O–H groups in total. The van der Waals surface area contributed by atoms with Gasteiger partial charge in [-0.1, -0.05) is 44.0 Å². The molecule has 2 atom stereocenters. The fourth-order valence-electron chi connectivity index (χ4n) is 4.50. The Hall–Kier alpha value is -2.07. The molecule has 1 fully saturated rings. The van der Waals surface area contributed by atoms with Gasteiger partial charge in [0, 0.05) is 36.1 Å². The number of carboxylic acids is 1. The summed E-state index contributed by atoms with van der Waals surface area (Å²) in [5, 5.41) is 13.5. The van der Waals surface area contributed by atoms with E-state index in [1.54, 1.807) is 0 Å². The van der Waals surface area contributed by atoms with Gasteiger partial charge in [-0.3, -0.25) is 0 Å². The van der Waals surface area contributed by atoms with Crippen LogP contribution in [0.3, 0.4) is 0 Å². The van der Waals surface area contributed by atoms with E-state index in [0.29, 0.717) is 30.6 Å². The largest absolute Gasteiger partial charge is 0.478 e. The molecule has 27 heavy (non-hydrogen) atoms. The van der Waals surface area contributed by atoms with Gasteiger partial charge in [0.25, 0.3) is 0 Å². The Morgan fingerprint density at radius 2 is 1.85 bits per heavy atom. The summed E-state index contributed by atoms with van der Waals surface area (Å²) in [5.41, 5.74) is 5.78. The van der Waals surface area contributed by atoms with Gasteiger partial charge < -0.3 is 15.0 Å². The van der Waals surface area contributed by atoms with E-state index in [9.17, 15) is 9.90 Å². The van der Waals surface area contributed by atoms with E-state index in [2.05, 4.69) is 42.8 Å². The first-order valence-electron chi connectivity index (χ1n) is 10.1. The molecular formula is C23H32N2O2. The molecule has 1 aromatic carbocycles. The van der Waals surface area contributed by atoms with Crippen LogP contribution in [0.4, 0.5) is 0 Å². The SMILES string of the molecule is Cc1ccccc1Cn1c(C)c(CN[C@H]2CCCC[C@H]2C)c(C(=O)O)c1C. The highest BCUT2D eigenvalue weighted by Gasteiger charge is 2.25. The molecule has 1 saturated carbocycles. The Bertz CT molecular complexity index is 822. The molecule has 146 valence electrons. The molecular weight excluding hydrogens is 336 g/mol. The van der Waals surface area contributed by atoms with Crippen LogP contribution in [0.15, 0.2) is 24.3 Å². The van der Waals surface area contributed by atoms with Crippen LogP contribution in [0.5, 0.6) is 0 Å². The summed E-state index contributed by atoms with van der Waals surface area (Å²) in [7, 11) is 0. The van der Waals surface area contributed by atoms with Gasteiger partial charge >= 0.3 is 5.97 Å². The summed E-state index contributed by atoms with van der Waals surface area (Å²) in [4.78, 5) is 12.0. The monoisotopic (exact) mass is 368 g/mol. The van der Waals surface area contributed by atoms with Crippen molar-refractivity contribution in [2.45, 2.75) is 72.5 Å². The van der Waals surface area contributed by atoms with Gasteiger partial charge in [-0.15, -0.1) is 0 Å². The average Bonchev–Trinajstić information content (AvgIpc) is 2.87. The molecule has 0 spiro atoms. The summed E-state index contributed by atoms with van der Waals surface area (Å²) in [6, 6.07) is 8.80. The van der Waals surface area contributed by atoms with Gasteiger partial charge in [0.05, 0.1) is 5.56 Å². The minimum Gasteiger partial charge on any atom is -0.478 e. The zero-order chi connectivity index (χ0) is 19.6. The minimum absolute atomic E-state index is 0.469. The van der Waals surface area contributed by atoms with Gasteiger partial charge in [-0.05, 0) is 50.7 Å². The molecule has 0 amide bonds. The van der Waals surface area contributed by atoms with E-state index in [1.165, 1.54) is 36.8 Å². The van der Waals surface area contributed by atoms with Crippen LogP contribution in [-0.2, 0) is 13.1 Å². The number of hydrogen-bond donors (Lipinski definition) is 2. The second-order valence-corrected chi connectivity index (χ2v) is 8.09. The number of rotatable bonds is 6. The van der Waals surface area contributed by atoms with Gasteiger partial charge in [-0.25, -0.2) is 4.79 Å². The molecule has 0 saturated heterocycles. The molecule has 1 aromatic heterocycles. The minimum atomic E-state index is -0.826. The van der Waals surface area contributed by atoms with Gasteiger partial charge in [0.15, 0.2) is 0 Å². The maximum Gasteiger partial charge on any atom is 0.337 e. The van der Waals surface area contributed by atoms with E-state index in [1.807, 2.05) is 19.1 Å². The lowest BCUT2D eigenvalue weighted by Crippen LogP contribution is -2.37. The lowest BCUT2D eigenvalue weighted by atomic mass is 9.86. The maximum atomic E-state index is 12.0. The quantitative estimate of drug-likeness (QED) is 0.768. The van der Waals surface area contributed by atoms with Crippen LogP contribution < -0.4 is 5.32 Å². The first-order chi connectivity index (χ1) is 12.9. The summed E-state index contributed by atoms with van der Waals surface area (Å²) >= 11 is 0. The Balaban J connectivity index is 1.89. The molecule has 4 heteroatoms. The number of hydrogen-bond acceptors (Lipinski definition) is 2. The molecule has 0 bridgehead atoms. The van der Waals surface area contributed by atoms with Crippen LogP contribution in [-0.4, -0.2) is 21.7 Å². The molecule has 0 unspecified atom stereocenters. The molecule has 2 aromatic rings. The summed E-state index contributed by atoms with van der Waals surface area (Å²) < 4.78 is 2.16. The van der Waals surface area contributed by atoms with Crippen LogP contribution >= 0.6 is 0 Å². The van der Waals surface area contributed by atoms with Crippen molar-refractivity contribution in [3.63, 3.8) is 0 Å². The number of benzene rings is 1. The van der Waals surface area contributed by atoms with Crippen molar-refractivity contribution in [1.82, 2.24) is 9.88 Å². The molecule has 0 radical (unpaired) electrons. The topological polar surface area (TPSA) is 54.3 Å². The molecule has 1 heterocycles. The van der Waals surface area contributed by atoms with Crippen molar-refractivity contribution in [1.29, 1.82) is 0 Å². The number of nitrogens with zero attached hydrogens (tertiary/aromatic N) is 1. The van der Waals surface area contributed by atoms with E-state index < -0.39 is 5.97 Å². The van der Waals surface area contributed by atoms with Crippen LogP contribution in [0.2, 0.25) is 0 Å². The third-order valence-corrected chi connectivity index (χ3v) is 6.37. The van der Waals surface area contributed by atoms with Crippen molar-refractivity contribution >= 4 is 5.97 Å². The maximum absolute atomic E-state index is 12.0. The van der Waals surface area contributed by atoms with Gasteiger partial charge in [0.2, 0.25) is 0 Å². The van der Waals surface area contributed by atoms with Crippen molar-refractivity contribution in [2.24, 2.45) is 5.92 Å². The van der Waals surface area contributed by atoms with E-state index >= 15 is 0 Å². The van der Waals surface area contributed by atoms with Gasteiger partial charge in [0.1, 0.15) is 0 Å². The third kappa shape index (κ3) is 4.11. The summed E-state index contributed by atoms with van der Waals surface area (Å²) in [6.07, 6.45) is 5.02. The van der Waals surface area contributed by atoms with Crippen LogP contribution in [0.25, 0.3) is 0 Å². The first kappa shape index (κ1) is 19.7. The lowest BCUT2D eigenvalue weighted by molar-refractivity contribution is 0.0694. The van der Waals surface area contributed by atoms with E-state index in [-0.39, 0.29) is 0 Å². The first-order valence-corrected chi connectivity index (χ1v) is 10.1. The number of carbonyl (C=O) groups is 1. The highest BCUT2D eigenvalue weighted by atomic mass is 16.4. The molecule has 0 aliphatic heterocycles.